The van der Waals surface area contributed by atoms with Crippen LogP contribution in [-0.4, -0.2) is 12.6 Å². The zero-order valence-corrected chi connectivity index (χ0v) is 10.6. The molecule has 0 aromatic heterocycles. The molecule has 1 aliphatic rings. The van der Waals surface area contributed by atoms with E-state index in [9.17, 15) is 0 Å². The molecule has 0 bridgehead atoms. The summed E-state index contributed by atoms with van der Waals surface area (Å²) in [4.78, 5) is 0. The largest absolute Gasteiger partial charge is 0.314 e. The quantitative estimate of drug-likeness (QED) is 0.775. The maximum atomic E-state index is 3.52. The number of hydrogen-bond acceptors (Lipinski definition) is 1. The molecule has 2 aromatic carbocycles. The summed E-state index contributed by atoms with van der Waals surface area (Å²) >= 11 is 0. The molecule has 1 aliphatic carbocycles. The highest BCUT2D eigenvalue weighted by Crippen LogP contribution is 2.18. The van der Waals surface area contributed by atoms with Gasteiger partial charge in [0.1, 0.15) is 0 Å². The predicted molar refractivity (Wildman–Crippen MR) is 78.6 cm³/mol. The summed E-state index contributed by atoms with van der Waals surface area (Å²) in [7, 11) is 0. The molecule has 92 valence electrons. The minimum Gasteiger partial charge on any atom is -0.314 e. The topological polar surface area (TPSA) is 12.0 Å². The summed E-state index contributed by atoms with van der Waals surface area (Å²) in [5, 5.41) is 6.15. The van der Waals surface area contributed by atoms with E-state index in [0.29, 0.717) is 0 Å². The average molecular weight is 237 g/mol. The second-order valence-electron chi connectivity index (χ2n) is 5.03. The zero-order valence-electron chi connectivity index (χ0n) is 10.6. The van der Waals surface area contributed by atoms with Crippen molar-refractivity contribution in [2.24, 2.45) is 0 Å². The van der Waals surface area contributed by atoms with Crippen molar-refractivity contribution in [3.63, 3.8) is 0 Å². The summed E-state index contributed by atoms with van der Waals surface area (Å²) in [6.07, 6.45) is 8.34. The summed E-state index contributed by atoms with van der Waals surface area (Å²) in [6.45, 7) is 1.11. The van der Waals surface area contributed by atoms with E-state index in [0.717, 1.165) is 19.0 Å². The molecule has 0 heterocycles. The highest BCUT2D eigenvalue weighted by atomic mass is 14.9. The Labute approximate surface area is 109 Å². The highest BCUT2D eigenvalue weighted by Gasteiger charge is 2.19. The van der Waals surface area contributed by atoms with Gasteiger partial charge in [-0.2, -0.15) is 0 Å². The van der Waals surface area contributed by atoms with Crippen molar-refractivity contribution >= 4 is 16.8 Å². The van der Waals surface area contributed by atoms with E-state index < -0.39 is 0 Å². The van der Waals surface area contributed by atoms with Crippen molar-refractivity contribution in [3.05, 3.63) is 54.1 Å². The lowest BCUT2D eigenvalue weighted by molar-refractivity contribution is 0.691. The van der Waals surface area contributed by atoms with Crippen LogP contribution in [-0.2, 0) is 0 Å². The van der Waals surface area contributed by atoms with Crippen LogP contribution in [0.4, 0.5) is 0 Å². The van der Waals surface area contributed by atoms with Crippen molar-refractivity contribution in [2.45, 2.75) is 25.3 Å². The molecule has 1 fully saturated rings. The first-order valence-electron chi connectivity index (χ1n) is 6.80. The van der Waals surface area contributed by atoms with Crippen LogP contribution in [0.2, 0.25) is 0 Å². The molecule has 3 rings (SSSR count). The molecular weight excluding hydrogens is 218 g/mol. The van der Waals surface area contributed by atoms with Crippen molar-refractivity contribution in [3.8, 4) is 0 Å². The summed E-state index contributed by atoms with van der Waals surface area (Å²) < 4.78 is 0. The Morgan fingerprint density at radius 3 is 2.72 bits per heavy atom. The van der Waals surface area contributed by atoms with Crippen LogP contribution in [0, 0.1) is 0 Å². The van der Waals surface area contributed by atoms with Crippen LogP contribution >= 0.6 is 0 Å². The molecule has 1 saturated carbocycles. The number of fused-ring (bicyclic) bond motifs is 1. The molecule has 1 N–H and O–H groups in total. The van der Waals surface area contributed by atoms with Crippen LogP contribution < -0.4 is 5.32 Å². The van der Waals surface area contributed by atoms with E-state index in [-0.39, 0.29) is 0 Å². The Morgan fingerprint density at radius 1 is 1.06 bits per heavy atom. The highest BCUT2D eigenvalue weighted by molar-refractivity contribution is 5.84. The van der Waals surface area contributed by atoms with Gasteiger partial charge in [0.15, 0.2) is 0 Å². The van der Waals surface area contributed by atoms with E-state index >= 15 is 0 Å². The minimum atomic E-state index is 0.819. The first-order valence-corrected chi connectivity index (χ1v) is 6.80. The lowest BCUT2D eigenvalue weighted by atomic mass is 10.1. The molecular formula is C17H19N. The van der Waals surface area contributed by atoms with E-state index in [4.69, 9.17) is 0 Å². The van der Waals surface area contributed by atoms with Crippen LogP contribution in [0.5, 0.6) is 0 Å². The normalized spacial score (nSPS) is 15.6. The molecule has 0 saturated heterocycles. The SMILES string of the molecule is C(=Cc1ccc2ccccc2c1)CCNC1CC1. The third kappa shape index (κ3) is 2.99. The Balaban J connectivity index is 1.60. The van der Waals surface area contributed by atoms with Gasteiger partial charge < -0.3 is 5.32 Å². The maximum Gasteiger partial charge on any atom is 0.00683 e. The fourth-order valence-corrected chi connectivity index (χ4v) is 2.19. The van der Waals surface area contributed by atoms with E-state index in [1.54, 1.807) is 0 Å². The minimum absolute atomic E-state index is 0.819. The monoisotopic (exact) mass is 237 g/mol. The second-order valence-corrected chi connectivity index (χ2v) is 5.03. The van der Waals surface area contributed by atoms with Gasteiger partial charge in [-0.15, -0.1) is 0 Å². The molecule has 0 unspecified atom stereocenters. The van der Waals surface area contributed by atoms with Crippen LogP contribution in [0.15, 0.2) is 48.5 Å². The maximum absolute atomic E-state index is 3.52. The molecule has 0 atom stereocenters. The van der Waals surface area contributed by atoms with Crippen molar-refractivity contribution in [2.75, 3.05) is 6.54 Å². The van der Waals surface area contributed by atoms with Crippen molar-refractivity contribution < 1.29 is 0 Å². The third-order valence-corrected chi connectivity index (χ3v) is 3.41. The van der Waals surface area contributed by atoms with Gasteiger partial charge >= 0.3 is 0 Å². The van der Waals surface area contributed by atoms with Crippen LogP contribution in [0.25, 0.3) is 16.8 Å². The molecule has 1 heteroatoms. The van der Waals surface area contributed by atoms with E-state index in [1.807, 2.05) is 0 Å². The lowest BCUT2D eigenvalue weighted by Gasteiger charge is -2.00. The molecule has 0 radical (unpaired) electrons. The summed E-state index contributed by atoms with van der Waals surface area (Å²) in [5.74, 6) is 0. The Morgan fingerprint density at radius 2 is 1.89 bits per heavy atom. The Hall–Kier alpha value is -1.60. The van der Waals surface area contributed by atoms with Crippen LogP contribution in [0.1, 0.15) is 24.8 Å². The van der Waals surface area contributed by atoms with E-state index in [1.165, 1.54) is 29.2 Å². The molecule has 18 heavy (non-hydrogen) atoms. The zero-order chi connectivity index (χ0) is 12.2. The van der Waals surface area contributed by atoms with Crippen molar-refractivity contribution in [1.82, 2.24) is 5.32 Å². The average Bonchev–Trinajstić information content (AvgIpc) is 3.22. The number of benzene rings is 2. The third-order valence-electron chi connectivity index (χ3n) is 3.41. The summed E-state index contributed by atoms with van der Waals surface area (Å²) in [6, 6.07) is 15.9. The van der Waals surface area contributed by atoms with Gasteiger partial charge in [0.05, 0.1) is 0 Å². The fraction of sp³-hybridized carbons (Fsp3) is 0.294. The van der Waals surface area contributed by atoms with Crippen LogP contribution in [0.3, 0.4) is 0 Å². The smallest absolute Gasteiger partial charge is 0.00683 e. The lowest BCUT2D eigenvalue weighted by Crippen LogP contribution is -2.16. The van der Waals surface area contributed by atoms with Gasteiger partial charge in [-0.05, 0) is 48.2 Å². The number of nitrogens with one attached hydrogen (secondary N) is 1. The predicted octanol–water partition coefficient (Wildman–Crippen LogP) is 4.00. The molecule has 0 amide bonds. The van der Waals surface area contributed by atoms with Gasteiger partial charge in [-0.3, -0.25) is 0 Å². The first kappa shape index (κ1) is 11.5. The summed E-state index contributed by atoms with van der Waals surface area (Å²) in [5.41, 5.74) is 1.29. The number of rotatable bonds is 5. The molecule has 0 aliphatic heterocycles. The van der Waals surface area contributed by atoms with Crippen molar-refractivity contribution in [1.29, 1.82) is 0 Å². The molecule has 0 spiro atoms. The van der Waals surface area contributed by atoms with Gasteiger partial charge in [0.25, 0.3) is 0 Å². The Kier molecular flexibility index (Phi) is 3.42. The molecule has 1 nitrogen and oxygen atoms in total. The van der Waals surface area contributed by atoms with E-state index in [2.05, 4.69) is 59.9 Å². The second kappa shape index (κ2) is 5.36. The van der Waals surface area contributed by atoms with Gasteiger partial charge in [-0.1, -0.05) is 48.6 Å². The standard InChI is InChI=1S/C17H19N/c1-2-7-16-13-14(8-9-15(16)6-1)5-3-4-12-18-17-10-11-17/h1-3,5-9,13,17-18H,4,10-12H2. The number of hydrogen-bond donors (Lipinski definition) is 1. The van der Waals surface area contributed by atoms with Gasteiger partial charge in [0.2, 0.25) is 0 Å². The molecule has 2 aromatic rings. The first-order chi connectivity index (χ1) is 8.92. The fourth-order valence-electron chi connectivity index (χ4n) is 2.19. The van der Waals surface area contributed by atoms with Gasteiger partial charge in [-0.25, -0.2) is 0 Å². The Bertz CT molecular complexity index is 552. The van der Waals surface area contributed by atoms with Gasteiger partial charge in [0, 0.05) is 6.04 Å².